The summed E-state index contributed by atoms with van der Waals surface area (Å²) >= 11 is 0. The minimum absolute atomic E-state index is 1.29. The Hall–Kier alpha value is -3.64. The Balaban J connectivity index is 2.06. The van der Waals surface area contributed by atoms with Crippen LogP contribution in [0.3, 0.4) is 0 Å². The van der Waals surface area contributed by atoms with E-state index in [4.69, 9.17) is 0 Å². The lowest BCUT2D eigenvalue weighted by Crippen LogP contribution is -1.97. The van der Waals surface area contributed by atoms with Crippen LogP contribution >= 0.6 is 0 Å². The number of rotatable bonds is 3. The fraction of sp³-hybridized carbons (Fsp3) is 0.222. The molecule has 0 aliphatic rings. The second kappa shape index (κ2) is 9.10. The predicted molar refractivity (Wildman–Crippen MR) is 158 cm³/mol. The zero-order valence-corrected chi connectivity index (χ0v) is 22.9. The predicted octanol–water partition coefficient (Wildman–Crippen LogP) is 10.3. The lowest BCUT2D eigenvalue weighted by Gasteiger charge is -2.23. The molecule has 0 nitrogen and oxygen atoms in total. The van der Waals surface area contributed by atoms with E-state index in [1.165, 1.54) is 88.7 Å². The van der Waals surface area contributed by atoms with E-state index in [2.05, 4.69) is 128 Å². The monoisotopic (exact) mass is 468 g/mol. The molecule has 0 aromatic heterocycles. The van der Waals surface area contributed by atoms with Crippen molar-refractivity contribution < 1.29 is 0 Å². The molecule has 36 heavy (non-hydrogen) atoms. The van der Waals surface area contributed by atoms with Crippen LogP contribution in [0.4, 0.5) is 0 Å². The number of fused-ring (bicyclic) bond motifs is 1. The van der Waals surface area contributed by atoms with Crippen molar-refractivity contribution in [1.29, 1.82) is 0 Å². The van der Waals surface area contributed by atoms with E-state index in [1.54, 1.807) is 0 Å². The molecule has 0 saturated carbocycles. The molecule has 5 rings (SSSR count). The summed E-state index contributed by atoms with van der Waals surface area (Å²) in [6.45, 7) is 17.7. The number of hydrogen-bond acceptors (Lipinski definition) is 0. The van der Waals surface area contributed by atoms with Gasteiger partial charge >= 0.3 is 0 Å². The quantitative estimate of drug-likeness (QED) is 0.247. The summed E-state index contributed by atoms with van der Waals surface area (Å²) in [5, 5.41) is 2.66. The third-order valence-electron chi connectivity index (χ3n) is 7.13. The van der Waals surface area contributed by atoms with Gasteiger partial charge in [-0.2, -0.15) is 0 Å². The molecule has 0 N–H and O–H groups in total. The molecule has 0 unspecified atom stereocenters. The van der Waals surface area contributed by atoms with Gasteiger partial charge < -0.3 is 0 Å². The van der Waals surface area contributed by atoms with Gasteiger partial charge in [0.25, 0.3) is 0 Å². The van der Waals surface area contributed by atoms with Crippen molar-refractivity contribution in [2.45, 2.75) is 55.4 Å². The SMILES string of the molecule is Cc1cc(C)cc(-c2cc3cc(C)cc(C)c3c(-c3cc(C)cc(C)c3)c2-c2cc(C)cc(C)c2)c1. The summed E-state index contributed by atoms with van der Waals surface area (Å²) < 4.78 is 0. The minimum atomic E-state index is 1.29. The molecule has 5 aromatic carbocycles. The van der Waals surface area contributed by atoms with E-state index in [0.717, 1.165) is 0 Å². The largest absolute Gasteiger partial charge is 0.0563 e. The molecular weight excluding hydrogens is 432 g/mol. The van der Waals surface area contributed by atoms with Crippen LogP contribution in [0.25, 0.3) is 44.2 Å². The molecule has 0 amide bonds. The maximum Gasteiger partial charge on any atom is -0.00177 e. The van der Waals surface area contributed by atoms with Crippen LogP contribution in [-0.2, 0) is 0 Å². The van der Waals surface area contributed by atoms with Gasteiger partial charge in [-0.1, -0.05) is 106 Å². The highest BCUT2D eigenvalue weighted by molar-refractivity contribution is 6.11. The molecule has 0 saturated heterocycles. The highest BCUT2D eigenvalue weighted by Crippen LogP contribution is 2.47. The van der Waals surface area contributed by atoms with Crippen molar-refractivity contribution >= 4 is 10.8 Å². The van der Waals surface area contributed by atoms with Gasteiger partial charge in [-0.25, -0.2) is 0 Å². The minimum Gasteiger partial charge on any atom is -0.0563 e. The fourth-order valence-electron chi connectivity index (χ4n) is 6.13. The Kier molecular flexibility index (Phi) is 6.08. The standard InChI is InChI=1S/C36H36/c1-21-9-22(2)14-29(13-21)33-20-32-19-27(7)12-28(8)34(32)36(31-17-25(5)11-26(6)18-31)35(33)30-15-23(3)10-24(4)16-30/h9-20H,1-8H3. The molecule has 0 aliphatic carbocycles. The summed E-state index contributed by atoms with van der Waals surface area (Å²) in [4.78, 5) is 0. The molecule has 0 heteroatoms. The Morgan fingerprint density at radius 3 is 1.19 bits per heavy atom. The molecule has 0 bridgehead atoms. The Labute approximate surface area is 216 Å². The number of hydrogen-bond donors (Lipinski definition) is 0. The zero-order chi connectivity index (χ0) is 25.7. The normalized spacial score (nSPS) is 11.3. The molecule has 0 radical (unpaired) electrons. The smallest absolute Gasteiger partial charge is 0.00177 e. The Morgan fingerprint density at radius 1 is 0.333 bits per heavy atom. The van der Waals surface area contributed by atoms with Crippen molar-refractivity contribution in [3.05, 3.63) is 117 Å². The molecule has 0 atom stereocenters. The molecule has 0 heterocycles. The third-order valence-corrected chi connectivity index (χ3v) is 7.13. The van der Waals surface area contributed by atoms with Crippen LogP contribution in [0.2, 0.25) is 0 Å². The van der Waals surface area contributed by atoms with Crippen LogP contribution < -0.4 is 0 Å². The van der Waals surface area contributed by atoms with Gasteiger partial charge in [0.05, 0.1) is 0 Å². The van der Waals surface area contributed by atoms with E-state index in [1.807, 2.05) is 0 Å². The summed E-state index contributed by atoms with van der Waals surface area (Å²) in [6.07, 6.45) is 0. The van der Waals surface area contributed by atoms with Crippen LogP contribution in [0.15, 0.2) is 72.8 Å². The maximum atomic E-state index is 2.43. The van der Waals surface area contributed by atoms with Gasteiger partial charge in [0.15, 0.2) is 0 Å². The van der Waals surface area contributed by atoms with E-state index < -0.39 is 0 Å². The molecule has 5 aromatic rings. The molecule has 0 spiro atoms. The molecule has 0 aliphatic heterocycles. The van der Waals surface area contributed by atoms with Crippen molar-refractivity contribution in [2.24, 2.45) is 0 Å². The van der Waals surface area contributed by atoms with E-state index in [0.29, 0.717) is 0 Å². The van der Waals surface area contributed by atoms with Gasteiger partial charge in [-0.3, -0.25) is 0 Å². The van der Waals surface area contributed by atoms with Crippen molar-refractivity contribution in [1.82, 2.24) is 0 Å². The Bertz CT molecular complexity index is 1590. The van der Waals surface area contributed by atoms with Crippen molar-refractivity contribution in [3.63, 3.8) is 0 Å². The second-order valence-corrected chi connectivity index (χ2v) is 11.0. The summed E-state index contributed by atoms with van der Waals surface area (Å²) in [5.41, 5.74) is 18.3. The average Bonchev–Trinajstić information content (AvgIpc) is 2.75. The summed E-state index contributed by atoms with van der Waals surface area (Å²) in [6, 6.07) is 28.0. The first-order valence-corrected chi connectivity index (χ1v) is 12.9. The maximum absolute atomic E-state index is 2.43. The third kappa shape index (κ3) is 4.49. The topological polar surface area (TPSA) is 0 Å². The first kappa shape index (κ1) is 24.1. The lowest BCUT2D eigenvalue weighted by atomic mass is 9.81. The average molecular weight is 469 g/mol. The van der Waals surface area contributed by atoms with Crippen LogP contribution in [0.5, 0.6) is 0 Å². The molecular formula is C36H36. The van der Waals surface area contributed by atoms with Crippen LogP contribution in [0.1, 0.15) is 44.5 Å². The second-order valence-electron chi connectivity index (χ2n) is 11.0. The summed E-state index contributed by atoms with van der Waals surface area (Å²) in [7, 11) is 0. The van der Waals surface area contributed by atoms with Crippen LogP contribution in [-0.4, -0.2) is 0 Å². The van der Waals surface area contributed by atoms with Gasteiger partial charge in [-0.05, 0) is 111 Å². The van der Waals surface area contributed by atoms with Gasteiger partial charge in [-0.15, -0.1) is 0 Å². The highest BCUT2D eigenvalue weighted by Gasteiger charge is 2.21. The number of aryl methyl sites for hydroxylation is 8. The summed E-state index contributed by atoms with van der Waals surface area (Å²) in [5.74, 6) is 0. The first-order chi connectivity index (χ1) is 17.1. The first-order valence-electron chi connectivity index (χ1n) is 12.9. The van der Waals surface area contributed by atoms with Gasteiger partial charge in [0, 0.05) is 0 Å². The lowest BCUT2D eigenvalue weighted by molar-refractivity contribution is 1.36. The van der Waals surface area contributed by atoms with Crippen molar-refractivity contribution in [2.75, 3.05) is 0 Å². The van der Waals surface area contributed by atoms with Crippen LogP contribution in [0, 0.1) is 55.4 Å². The van der Waals surface area contributed by atoms with E-state index in [-0.39, 0.29) is 0 Å². The highest BCUT2D eigenvalue weighted by atomic mass is 14.2. The Morgan fingerprint density at radius 2 is 0.722 bits per heavy atom. The zero-order valence-electron chi connectivity index (χ0n) is 22.9. The van der Waals surface area contributed by atoms with Gasteiger partial charge in [0.2, 0.25) is 0 Å². The molecule has 180 valence electrons. The number of benzene rings is 5. The van der Waals surface area contributed by atoms with Crippen molar-refractivity contribution in [3.8, 4) is 33.4 Å². The molecule has 0 fully saturated rings. The van der Waals surface area contributed by atoms with E-state index in [9.17, 15) is 0 Å². The van der Waals surface area contributed by atoms with Gasteiger partial charge in [0.1, 0.15) is 0 Å². The fourth-order valence-corrected chi connectivity index (χ4v) is 6.13. The van der Waals surface area contributed by atoms with E-state index >= 15 is 0 Å².